The topological polar surface area (TPSA) is 88.2 Å². The minimum absolute atomic E-state index is 0.247. The molecule has 0 saturated carbocycles. The molecule has 1 N–H and O–H groups in total. The Kier molecular flexibility index (Phi) is 9.55. The van der Waals surface area contributed by atoms with Crippen molar-refractivity contribution in [2.45, 2.75) is 65.5 Å². The Balaban J connectivity index is 2.60. The Morgan fingerprint density at radius 3 is 2.37 bits per heavy atom. The Morgan fingerprint density at radius 1 is 1.19 bits per heavy atom. The molecule has 27 heavy (non-hydrogen) atoms. The number of esters is 1. The molecule has 0 unspecified atom stereocenters. The fraction of sp³-hybridized carbons (Fsp3) is 0.842. The van der Waals surface area contributed by atoms with Gasteiger partial charge in [0.15, 0.2) is 0 Å². The SMILES string of the molecule is CCOC(=O)CC(=O)N(CCN1CCCC1)C[C@@H](C)NC(=O)OC(C)(C)C. The minimum atomic E-state index is -0.584. The first-order valence-corrected chi connectivity index (χ1v) is 9.76. The van der Waals surface area contributed by atoms with Crippen LogP contribution in [0.5, 0.6) is 0 Å². The molecule has 1 fully saturated rings. The summed E-state index contributed by atoms with van der Waals surface area (Å²) in [6.07, 6.45) is 1.54. The molecule has 1 aliphatic rings. The maximum absolute atomic E-state index is 12.5. The predicted octanol–water partition coefficient (Wildman–Crippen LogP) is 1.78. The lowest BCUT2D eigenvalue weighted by molar-refractivity contribution is -0.148. The van der Waals surface area contributed by atoms with Gasteiger partial charge in [0.1, 0.15) is 12.0 Å². The third-order valence-corrected chi connectivity index (χ3v) is 4.10. The van der Waals surface area contributed by atoms with Crippen molar-refractivity contribution in [2.75, 3.05) is 39.3 Å². The number of carbonyl (C=O) groups is 3. The monoisotopic (exact) mass is 385 g/mol. The zero-order chi connectivity index (χ0) is 20.4. The number of rotatable bonds is 9. The van der Waals surface area contributed by atoms with Crippen molar-refractivity contribution >= 4 is 18.0 Å². The summed E-state index contributed by atoms with van der Waals surface area (Å²) in [6.45, 7) is 12.8. The second kappa shape index (κ2) is 11.1. The van der Waals surface area contributed by atoms with Crippen molar-refractivity contribution < 1.29 is 23.9 Å². The molecule has 0 bridgehead atoms. The van der Waals surface area contributed by atoms with Crippen LogP contribution in [-0.2, 0) is 19.1 Å². The van der Waals surface area contributed by atoms with Gasteiger partial charge in [-0.25, -0.2) is 4.79 Å². The molecular weight excluding hydrogens is 350 g/mol. The first-order valence-electron chi connectivity index (χ1n) is 9.76. The predicted molar refractivity (Wildman–Crippen MR) is 102 cm³/mol. The van der Waals surface area contributed by atoms with Crippen molar-refractivity contribution in [1.82, 2.24) is 15.1 Å². The highest BCUT2D eigenvalue weighted by atomic mass is 16.6. The zero-order valence-electron chi connectivity index (χ0n) is 17.4. The Hall–Kier alpha value is -1.83. The molecule has 0 aromatic carbocycles. The summed E-state index contributed by atoms with van der Waals surface area (Å²) < 4.78 is 10.1. The van der Waals surface area contributed by atoms with Crippen molar-refractivity contribution in [2.24, 2.45) is 0 Å². The van der Waals surface area contributed by atoms with E-state index >= 15 is 0 Å². The van der Waals surface area contributed by atoms with Gasteiger partial charge < -0.3 is 24.6 Å². The molecule has 8 nitrogen and oxygen atoms in total. The number of ether oxygens (including phenoxy) is 2. The smallest absolute Gasteiger partial charge is 0.407 e. The molecule has 1 atom stereocenters. The average Bonchev–Trinajstić information content (AvgIpc) is 3.02. The van der Waals surface area contributed by atoms with Crippen LogP contribution in [0.4, 0.5) is 4.79 Å². The summed E-state index contributed by atoms with van der Waals surface area (Å²) >= 11 is 0. The number of hydrogen-bond donors (Lipinski definition) is 1. The lowest BCUT2D eigenvalue weighted by atomic mass is 10.2. The van der Waals surface area contributed by atoms with Gasteiger partial charge in [0.05, 0.1) is 6.61 Å². The molecule has 0 aromatic heterocycles. The maximum atomic E-state index is 12.5. The van der Waals surface area contributed by atoms with E-state index in [4.69, 9.17) is 9.47 Å². The highest BCUT2D eigenvalue weighted by molar-refractivity contribution is 5.94. The van der Waals surface area contributed by atoms with E-state index in [1.54, 1.807) is 32.6 Å². The van der Waals surface area contributed by atoms with Crippen LogP contribution in [0.2, 0.25) is 0 Å². The molecule has 0 radical (unpaired) electrons. The van der Waals surface area contributed by atoms with E-state index in [9.17, 15) is 14.4 Å². The van der Waals surface area contributed by atoms with Crippen LogP contribution in [0.15, 0.2) is 0 Å². The third kappa shape index (κ3) is 10.2. The normalized spacial score (nSPS) is 15.9. The van der Waals surface area contributed by atoms with E-state index < -0.39 is 17.7 Å². The molecular formula is C19H35N3O5. The number of amides is 2. The van der Waals surface area contributed by atoms with Crippen LogP contribution in [0, 0.1) is 0 Å². The van der Waals surface area contributed by atoms with E-state index in [2.05, 4.69) is 10.2 Å². The van der Waals surface area contributed by atoms with Crippen molar-refractivity contribution in [3.8, 4) is 0 Å². The molecule has 1 saturated heterocycles. The van der Waals surface area contributed by atoms with Gasteiger partial charge in [0.2, 0.25) is 5.91 Å². The van der Waals surface area contributed by atoms with Gasteiger partial charge >= 0.3 is 12.1 Å². The molecule has 1 rings (SSSR count). The molecule has 1 aliphatic heterocycles. The van der Waals surface area contributed by atoms with Crippen LogP contribution < -0.4 is 5.32 Å². The fourth-order valence-corrected chi connectivity index (χ4v) is 2.92. The molecule has 0 spiro atoms. The van der Waals surface area contributed by atoms with Crippen LogP contribution in [-0.4, -0.2) is 78.7 Å². The summed E-state index contributed by atoms with van der Waals surface area (Å²) in [5.41, 5.74) is -0.584. The second-order valence-corrected chi connectivity index (χ2v) is 7.92. The van der Waals surface area contributed by atoms with Crippen molar-refractivity contribution in [3.63, 3.8) is 0 Å². The number of hydrogen-bond acceptors (Lipinski definition) is 6. The molecule has 0 aromatic rings. The Bertz CT molecular complexity index is 498. The van der Waals surface area contributed by atoms with E-state index in [1.807, 2.05) is 6.92 Å². The number of likely N-dealkylation sites (tertiary alicyclic amines) is 1. The quantitative estimate of drug-likeness (QED) is 0.481. The maximum Gasteiger partial charge on any atom is 0.407 e. The molecule has 156 valence electrons. The standard InChI is InChI=1S/C19H35N3O5/c1-6-26-17(24)13-16(23)22(12-11-21-9-7-8-10-21)14-15(2)20-18(25)27-19(3,4)5/h15H,6-14H2,1-5H3,(H,20,25)/t15-/m1/s1. The lowest BCUT2D eigenvalue weighted by Crippen LogP contribution is -2.48. The van der Waals surface area contributed by atoms with Crippen LogP contribution in [0.25, 0.3) is 0 Å². The van der Waals surface area contributed by atoms with E-state index in [-0.39, 0.29) is 25.0 Å². The zero-order valence-corrected chi connectivity index (χ0v) is 17.4. The van der Waals surface area contributed by atoms with E-state index in [0.717, 1.165) is 19.6 Å². The van der Waals surface area contributed by atoms with Gasteiger partial charge in [0, 0.05) is 25.7 Å². The highest BCUT2D eigenvalue weighted by Crippen LogP contribution is 2.09. The highest BCUT2D eigenvalue weighted by Gasteiger charge is 2.23. The second-order valence-electron chi connectivity index (χ2n) is 7.92. The Morgan fingerprint density at radius 2 is 1.81 bits per heavy atom. The van der Waals surface area contributed by atoms with Gasteiger partial charge in [-0.2, -0.15) is 0 Å². The Labute approximate surface area is 162 Å². The van der Waals surface area contributed by atoms with Crippen LogP contribution >= 0.6 is 0 Å². The summed E-state index contributed by atoms with van der Waals surface area (Å²) in [4.78, 5) is 40.1. The largest absolute Gasteiger partial charge is 0.466 e. The number of alkyl carbamates (subject to hydrolysis) is 1. The summed E-state index contributed by atoms with van der Waals surface area (Å²) in [6, 6.07) is -0.301. The molecule has 8 heteroatoms. The summed E-state index contributed by atoms with van der Waals surface area (Å²) in [7, 11) is 0. The van der Waals surface area contributed by atoms with Crippen LogP contribution in [0.1, 0.15) is 53.9 Å². The van der Waals surface area contributed by atoms with Gasteiger partial charge in [-0.05, 0) is 60.5 Å². The summed E-state index contributed by atoms with van der Waals surface area (Å²) in [5, 5.41) is 2.74. The van der Waals surface area contributed by atoms with Gasteiger partial charge in [0.25, 0.3) is 0 Å². The van der Waals surface area contributed by atoms with E-state index in [0.29, 0.717) is 13.1 Å². The number of carbonyl (C=O) groups excluding carboxylic acids is 3. The molecule has 2 amide bonds. The number of nitrogens with zero attached hydrogens (tertiary/aromatic N) is 2. The fourth-order valence-electron chi connectivity index (χ4n) is 2.92. The first-order chi connectivity index (χ1) is 12.6. The van der Waals surface area contributed by atoms with Crippen molar-refractivity contribution in [1.29, 1.82) is 0 Å². The third-order valence-electron chi connectivity index (χ3n) is 4.10. The molecule has 0 aliphatic carbocycles. The number of nitrogens with one attached hydrogen (secondary N) is 1. The van der Waals surface area contributed by atoms with Crippen molar-refractivity contribution in [3.05, 3.63) is 0 Å². The average molecular weight is 386 g/mol. The van der Waals surface area contributed by atoms with Gasteiger partial charge in [-0.1, -0.05) is 0 Å². The summed E-state index contributed by atoms with van der Waals surface area (Å²) in [5.74, 6) is -0.813. The molecule has 1 heterocycles. The first kappa shape index (κ1) is 23.2. The van der Waals surface area contributed by atoms with E-state index in [1.165, 1.54) is 12.8 Å². The van der Waals surface area contributed by atoms with Gasteiger partial charge in [-0.3, -0.25) is 9.59 Å². The van der Waals surface area contributed by atoms with Gasteiger partial charge in [-0.15, -0.1) is 0 Å². The minimum Gasteiger partial charge on any atom is -0.466 e. The lowest BCUT2D eigenvalue weighted by Gasteiger charge is -2.29. The van der Waals surface area contributed by atoms with Crippen LogP contribution in [0.3, 0.4) is 0 Å².